The highest BCUT2D eigenvalue weighted by Gasteiger charge is 2.31. The normalized spacial score (nSPS) is 15.5. The average molecular weight is 329 g/mol. The molecule has 2 rings (SSSR count). The third kappa shape index (κ3) is 3.94. The van der Waals surface area contributed by atoms with Gasteiger partial charge in [-0.2, -0.15) is 13.2 Å². The second-order valence-corrected chi connectivity index (χ2v) is 5.53. The number of hydrogen-bond acceptors (Lipinski definition) is 2. The van der Waals surface area contributed by atoms with Crippen LogP contribution in [0.15, 0.2) is 24.3 Å². The molecule has 1 aromatic rings. The lowest BCUT2D eigenvalue weighted by Gasteiger charge is -2.36. The number of alkyl halides is 3. The van der Waals surface area contributed by atoms with E-state index in [0.29, 0.717) is 26.2 Å². The molecule has 0 N–H and O–H groups in total. The molecule has 0 unspecified atom stereocenters. The third-order valence-corrected chi connectivity index (χ3v) is 3.68. The second-order valence-electron chi connectivity index (χ2n) is 5.53. The topological polar surface area (TPSA) is 43.9 Å². The minimum absolute atomic E-state index is 0.119. The van der Waals surface area contributed by atoms with Crippen LogP contribution in [0.25, 0.3) is 0 Å². The van der Waals surface area contributed by atoms with Crippen LogP contribution in [-0.4, -0.2) is 66.9 Å². The van der Waals surface area contributed by atoms with Crippen LogP contribution in [0.2, 0.25) is 0 Å². The van der Waals surface area contributed by atoms with E-state index in [-0.39, 0.29) is 17.5 Å². The van der Waals surface area contributed by atoms with E-state index in [1.165, 1.54) is 17.0 Å². The van der Waals surface area contributed by atoms with E-state index in [2.05, 4.69) is 0 Å². The van der Waals surface area contributed by atoms with Crippen LogP contribution in [0.4, 0.5) is 18.0 Å². The Morgan fingerprint density at radius 3 is 1.87 bits per heavy atom. The van der Waals surface area contributed by atoms with E-state index >= 15 is 0 Å². The molecule has 0 radical (unpaired) electrons. The van der Waals surface area contributed by atoms with Crippen molar-refractivity contribution in [1.29, 1.82) is 0 Å². The first-order valence-corrected chi connectivity index (χ1v) is 7.13. The van der Waals surface area contributed by atoms with Crippen LogP contribution in [0, 0.1) is 0 Å². The van der Waals surface area contributed by atoms with E-state index in [9.17, 15) is 22.8 Å². The molecule has 23 heavy (non-hydrogen) atoms. The number of hydrogen-bond donors (Lipinski definition) is 0. The Balaban J connectivity index is 1.99. The van der Waals surface area contributed by atoms with Crippen molar-refractivity contribution in [2.45, 2.75) is 6.18 Å². The average Bonchev–Trinajstić information content (AvgIpc) is 2.53. The molecule has 1 aromatic carbocycles. The third-order valence-electron chi connectivity index (χ3n) is 3.68. The number of nitrogens with zero attached hydrogens (tertiary/aromatic N) is 3. The smallest absolute Gasteiger partial charge is 0.335 e. The first-order valence-electron chi connectivity index (χ1n) is 7.13. The van der Waals surface area contributed by atoms with E-state index in [1.54, 1.807) is 23.9 Å². The van der Waals surface area contributed by atoms with E-state index in [1.807, 2.05) is 0 Å². The zero-order valence-electron chi connectivity index (χ0n) is 12.9. The Labute approximate surface area is 132 Å². The molecule has 1 aliphatic heterocycles. The summed E-state index contributed by atoms with van der Waals surface area (Å²) in [6.45, 7) is 1.53. The van der Waals surface area contributed by atoms with Gasteiger partial charge in [0.2, 0.25) is 0 Å². The molecule has 0 atom stereocenters. The van der Waals surface area contributed by atoms with Crippen LogP contribution in [0.1, 0.15) is 15.9 Å². The van der Waals surface area contributed by atoms with Gasteiger partial charge in [0.15, 0.2) is 0 Å². The van der Waals surface area contributed by atoms with Crippen molar-refractivity contribution >= 4 is 11.9 Å². The fourth-order valence-electron chi connectivity index (χ4n) is 2.37. The van der Waals surface area contributed by atoms with Gasteiger partial charge in [0.1, 0.15) is 0 Å². The summed E-state index contributed by atoms with van der Waals surface area (Å²) in [6.07, 6.45) is -4.42. The van der Waals surface area contributed by atoms with Gasteiger partial charge in [-0.05, 0) is 24.3 Å². The Hall–Kier alpha value is -2.25. The largest absolute Gasteiger partial charge is 0.416 e. The minimum atomic E-state index is -4.42. The van der Waals surface area contributed by atoms with Crippen molar-refractivity contribution in [1.82, 2.24) is 14.7 Å². The highest BCUT2D eigenvalue weighted by atomic mass is 19.4. The molecule has 126 valence electrons. The minimum Gasteiger partial charge on any atom is -0.335 e. The molecule has 0 saturated carbocycles. The van der Waals surface area contributed by atoms with E-state index in [4.69, 9.17) is 0 Å². The van der Waals surface area contributed by atoms with Crippen LogP contribution >= 0.6 is 0 Å². The Bertz CT molecular complexity index is 577. The lowest BCUT2D eigenvalue weighted by atomic mass is 10.1. The first kappa shape index (κ1) is 17.1. The molecule has 0 aromatic heterocycles. The number of carbonyl (C=O) groups excluding carboxylic acids is 2. The maximum Gasteiger partial charge on any atom is 0.416 e. The van der Waals surface area contributed by atoms with Gasteiger partial charge in [0, 0.05) is 45.8 Å². The van der Waals surface area contributed by atoms with Crippen molar-refractivity contribution in [2.75, 3.05) is 40.3 Å². The lowest BCUT2D eigenvalue weighted by molar-refractivity contribution is -0.137. The summed E-state index contributed by atoms with van der Waals surface area (Å²) in [5.41, 5.74) is -0.569. The van der Waals surface area contributed by atoms with Gasteiger partial charge >= 0.3 is 12.2 Å². The zero-order chi connectivity index (χ0) is 17.2. The molecular formula is C15H18F3N3O2. The molecule has 0 aliphatic carbocycles. The molecule has 1 saturated heterocycles. The van der Waals surface area contributed by atoms with Crippen molar-refractivity contribution in [3.05, 3.63) is 35.4 Å². The molecule has 1 heterocycles. The van der Waals surface area contributed by atoms with Gasteiger partial charge in [-0.1, -0.05) is 0 Å². The number of halogens is 3. The molecular weight excluding hydrogens is 311 g/mol. The summed E-state index contributed by atoms with van der Waals surface area (Å²) in [5, 5.41) is 0. The number of benzene rings is 1. The quantitative estimate of drug-likeness (QED) is 0.792. The summed E-state index contributed by atoms with van der Waals surface area (Å²) in [6, 6.07) is 4.05. The van der Waals surface area contributed by atoms with Crippen LogP contribution < -0.4 is 0 Å². The van der Waals surface area contributed by atoms with Gasteiger partial charge in [-0.15, -0.1) is 0 Å². The van der Waals surface area contributed by atoms with Crippen LogP contribution in [0.5, 0.6) is 0 Å². The summed E-state index contributed by atoms with van der Waals surface area (Å²) < 4.78 is 37.6. The van der Waals surface area contributed by atoms with Gasteiger partial charge in [-0.3, -0.25) is 4.79 Å². The Morgan fingerprint density at radius 1 is 0.957 bits per heavy atom. The summed E-state index contributed by atoms with van der Waals surface area (Å²) in [5.74, 6) is -0.323. The standard InChI is InChI=1S/C15H18F3N3O2/c1-19(2)14(23)21-9-7-20(8-10-21)13(22)11-3-5-12(6-4-11)15(16,17)18/h3-6H,7-10H2,1-2H3. The maximum absolute atomic E-state index is 12.5. The summed E-state index contributed by atoms with van der Waals surface area (Å²) in [4.78, 5) is 28.8. The van der Waals surface area contributed by atoms with E-state index in [0.717, 1.165) is 12.1 Å². The molecule has 1 aliphatic rings. The Morgan fingerprint density at radius 2 is 1.43 bits per heavy atom. The fraction of sp³-hybridized carbons (Fsp3) is 0.467. The molecule has 3 amide bonds. The zero-order valence-corrected chi connectivity index (χ0v) is 12.9. The monoisotopic (exact) mass is 329 g/mol. The number of rotatable bonds is 1. The highest BCUT2D eigenvalue weighted by Crippen LogP contribution is 2.29. The first-order chi connectivity index (χ1) is 10.7. The SMILES string of the molecule is CN(C)C(=O)N1CCN(C(=O)c2ccc(C(F)(F)F)cc2)CC1. The van der Waals surface area contributed by atoms with Crippen molar-refractivity contribution in [3.8, 4) is 0 Å². The molecule has 1 fully saturated rings. The predicted octanol–water partition coefficient (Wildman–Crippen LogP) is 2.14. The Kier molecular flexibility index (Phi) is 4.82. The maximum atomic E-state index is 12.5. The van der Waals surface area contributed by atoms with Gasteiger partial charge in [0.05, 0.1) is 5.56 Å². The molecule has 5 nitrogen and oxygen atoms in total. The highest BCUT2D eigenvalue weighted by molar-refractivity contribution is 5.94. The molecule has 0 bridgehead atoms. The molecule has 8 heteroatoms. The summed E-state index contributed by atoms with van der Waals surface area (Å²) in [7, 11) is 3.31. The van der Waals surface area contributed by atoms with Crippen LogP contribution in [-0.2, 0) is 6.18 Å². The van der Waals surface area contributed by atoms with Crippen LogP contribution in [0.3, 0.4) is 0 Å². The summed E-state index contributed by atoms with van der Waals surface area (Å²) >= 11 is 0. The lowest BCUT2D eigenvalue weighted by Crippen LogP contribution is -2.52. The van der Waals surface area contributed by atoms with Gasteiger partial charge in [-0.25, -0.2) is 4.79 Å². The fourth-order valence-corrected chi connectivity index (χ4v) is 2.37. The van der Waals surface area contributed by atoms with Crippen molar-refractivity contribution in [2.24, 2.45) is 0 Å². The van der Waals surface area contributed by atoms with E-state index < -0.39 is 11.7 Å². The second kappa shape index (κ2) is 6.47. The number of amides is 3. The van der Waals surface area contributed by atoms with Crippen molar-refractivity contribution < 1.29 is 22.8 Å². The number of piperazine rings is 1. The molecule has 0 spiro atoms. The predicted molar refractivity (Wildman–Crippen MR) is 78.0 cm³/mol. The van der Waals surface area contributed by atoms with Gasteiger partial charge < -0.3 is 14.7 Å². The van der Waals surface area contributed by atoms with Gasteiger partial charge in [0.25, 0.3) is 5.91 Å². The van der Waals surface area contributed by atoms with Crippen molar-refractivity contribution in [3.63, 3.8) is 0 Å². The number of urea groups is 1. The number of carbonyl (C=O) groups is 2.